The standard InChI is InChI=1S/C16H27Br2N4O7P/c1-27-16(23)14(19)4-2-3-9-20-30(26,21(10-7-17)11-8-18)28-12-13-5-6-15(29-13)22(24)25/h5-6,14H,2-4,7-12,19H2,1H3,(H,20,26)/t14-,30?/m0/s1. The lowest BCUT2D eigenvalue weighted by Gasteiger charge is -2.30. The van der Waals surface area contributed by atoms with E-state index in [9.17, 15) is 19.5 Å². The number of halogens is 2. The lowest BCUT2D eigenvalue weighted by molar-refractivity contribution is -0.402. The van der Waals surface area contributed by atoms with Gasteiger partial charge >= 0.3 is 19.5 Å². The van der Waals surface area contributed by atoms with Gasteiger partial charge < -0.3 is 14.9 Å². The Morgan fingerprint density at radius 3 is 2.57 bits per heavy atom. The van der Waals surface area contributed by atoms with Gasteiger partial charge in [0, 0.05) is 30.3 Å². The Morgan fingerprint density at radius 2 is 2.03 bits per heavy atom. The van der Waals surface area contributed by atoms with Gasteiger partial charge in [-0.2, -0.15) is 0 Å². The summed E-state index contributed by atoms with van der Waals surface area (Å²) >= 11 is 6.69. The van der Waals surface area contributed by atoms with E-state index in [2.05, 4.69) is 41.7 Å². The van der Waals surface area contributed by atoms with Crippen LogP contribution in [0.4, 0.5) is 5.88 Å². The van der Waals surface area contributed by atoms with Gasteiger partial charge in [-0.15, -0.1) is 0 Å². The lowest BCUT2D eigenvalue weighted by Crippen LogP contribution is -2.33. The highest BCUT2D eigenvalue weighted by Crippen LogP contribution is 2.47. The van der Waals surface area contributed by atoms with Crippen LogP contribution in [-0.4, -0.2) is 59.0 Å². The fraction of sp³-hybridized carbons (Fsp3) is 0.688. The third-order valence-corrected chi connectivity index (χ3v) is 6.98. The number of hydrogen-bond acceptors (Lipinski definition) is 8. The number of nitrogens with one attached hydrogen (secondary N) is 1. The highest BCUT2D eigenvalue weighted by molar-refractivity contribution is 9.09. The quantitative estimate of drug-likeness (QED) is 0.0748. The van der Waals surface area contributed by atoms with Crippen LogP contribution in [0.1, 0.15) is 25.0 Å². The van der Waals surface area contributed by atoms with Crippen LogP contribution in [0, 0.1) is 10.1 Å². The lowest BCUT2D eigenvalue weighted by atomic mass is 10.1. The molecule has 0 saturated carbocycles. The summed E-state index contributed by atoms with van der Waals surface area (Å²) in [4.78, 5) is 21.4. The minimum atomic E-state index is -3.46. The van der Waals surface area contributed by atoms with Crippen molar-refractivity contribution < 1.29 is 28.0 Å². The van der Waals surface area contributed by atoms with Gasteiger partial charge in [-0.1, -0.05) is 38.3 Å². The molecule has 0 aromatic carbocycles. The number of methoxy groups -OCH3 is 1. The van der Waals surface area contributed by atoms with Crippen molar-refractivity contribution in [3.05, 3.63) is 28.0 Å². The normalized spacial score (nSPS) is 14.4. The molecular formula is C16H27Br2N4O7P. The zero-order valence-corrected chi connectivity index (χ0v) is 20.7. The molecule has 172 valence electrons. The van der Waals surface area contributed by atoms with Crippen molar-refractivity contribution in [1.82, 2.24) is 9.76 Å². The minimum absolute atomic E-state index is 0.188. The van der Waals surface area contributed by atoms with Crippen LogP contribution in [0.3, 0.4) is 0 Å². The third kappa shape index (κ3) is 9.13. The van der Waals surface area contributed by atoms with Gasteiger partial charge in [0.1, 0.15) is 23.3 Å². The predicted octanol–water partition coefficient (Wildman–Crippen LogP) is 3.16. The summed E-state index contributed by atoms with van der Waals surface area (Å²) in [5, 5.41) is 14.9. The van der Waals surface area contributed by atoms with E-state index in [0.29, 0.717) is 49.6 Å². The van der Waals surface area contributed by atoms with Crippen LogP contribution in [0.2, 0.25) is 0 Å². The zero-order valence-electron chi connectivity index (χ0n) is 16.6. The SMILES string of the molecule is COC(=O)[C@@H](N)CCCCNP(=O)(OCc1ccc([N+](=O)[O-])o1)N(CCBr)CCBr. The summed E-state index contributed by atoms with van der Waals surface area (Å²) in [5.41, 5.74) is 5.71. The molecule has 0 radical (unpaired) electrons. The highest BCUT2D eigenvalue weighted by Gasteiger charge is 2.31. The van der Waals surface area contributed by atoms with Crippen LogP contribution in [-0.2, 0) is 25.2 Å². The molecule has 0 aliphatic heterocycles. The van der Waals surface area contributed by atoms with E-state index in [0.717, 1.165) is 0 Å². The number of nitrogens with two attached hydrogens (primary N) is 1. The number of unbranched alkanes of at least 4 members (excludes halogenated alkanes) is 1. The first kappa shape index (κ1) is 27.2. The average molecular weight is 578 g/mol. The Bertz CT molecular complexity index is 716. The molecule has 11 nitrogen and oxygen atoms in total. The predicted molar refractivity (Wildman–Crippen MR) is 119 cm³/mol. The monoisotopic (exact) mass is 576 g/mol. The number of ether oxygens (including phenoxy) is 1. The summed E-state index contributed by atoms with van der Waals surface area (Å²) in [7, 11) is -2.18. The van der Waals surface area contributed by atoms with Gasteiger partial charge in [-0.3, -0.25) is 24.0 Å². The molecule has 0 fully saturated rings. The Kier molecular flexibility index (Phi) is 13.0. The minimum Gasteiger partial charge on any atom is -0.468 e. The fourth-order valence-corrected chi connectivity index (χ4v) is 5.80. The van der Waals surface area contributed by atoms with Gasteiger partial charge in [0.2, 0.25) is 0 Å². The van der Waals surface area contributed by atoms with Crippen molar-refractivity contribution in [1.29, 1.82) is 0 Å². The van der Waals surface area contributed by atoms with Crippen molar-refractivity contribution >= 4 is 51.4 Å². The topological polar surface area (TPSA) is 150 Å². The highest BCUT2D eigenvalue weighted by atomic mass is 79.9. The van der Waals surface area contributed by atoms with E-state index in [1.807, 2.05) is 0 Å². The van der Waals surface area contributed by atoms with Crippen LogP contribution in [0.25, 0.3) is 0 Å². The molecule has 14 heteroatoms. The number of furan rings is 1. The van der Waals surface area contributed by atoms with Crippen molar-refractivity contribution in [3.63, 3.8) is 0 Å². The van der Waals surface area contributed by atoms with Crippen molar-refractivity contribution in [2.45, 2.75) is 31.9 Å². The van der Waals surface area contributed by atoms with Crippen molar-refractivity contribution in [2.75, 3.05) is 37.4 Å². The zero-order chi connectivity index (χ0) is 22.6. The van der Waals surface area contributed by atoms with Crippen molar-refractivity contribution in [3.8, 4) is 0 Å². The largest absolute Gasteiger partial charge is 0.468 e. The molecule has 1 aromatic heterocycles. The summed E-state index contributed by atoms with van der Waals surface area (Å²) in [6.07, 6.45) is 1.69. The Balaban J connectivity index is 2.71. The Morgan fingerprint density at radius 1 is 1.37 bits per heavy atom. The molecule has 0 amide bonds. The van der Waals surface area contributed by atoms with E-state index in [-0.39, 0.29) is 12.4 Å². The molecule has 1 rings (SSSR count). The van der Waals surface area contributed by atoms with Gasteiger partial charge in [0.05, 0.1) is 13.2 Å². The van der Waals surface area contributed by atoms with Crippen LogP contribution >= 0.6 is 39.5 Å². The average Bonchev–Trinajstić information content (AvgIpc) is 3.20. The Hall–Kier alpha value is -0.820. The molecule has 0 spiro atoms. The van der Waals surface area contributed by atoms with Gasteiger partial charge in [-0.05, 0) is 18.9 Å². The number of nitrogens with zero attached hydrogens (tertiary/aromatic N) is 2. The number of carbonyl (C=O) groups is 1. The molecule has 1 unspecified atom stereocenters. The maximum Gasteiger partial charge on any atom is 0.433 e. The molecular weight excluding hydrogens is 551 g/mol. The van der Waals surface area contributed by atoms with Crippen LogP contribution in [0.5, 0.6) is 0 Å². The molecule has 0 aliphatic carbocycles. The second kappa shape index (κ2) is 14.3. The first-order valence-electron chi connectivity index (χ1n) is 9.21. The molecule has 3 N–H and O–H groups in total. The summed E-state index contributed by atoms with van der Waals surface area (Å²) in [6, 6.07) is 1.94. The van der Waals surface area contributed by atoms with Gasteiger partial charge in [-0.25, -0.2) is 9.76 Å². The maximum absolute atomic E-state index is 13.5. The van der Waals surface area contributed by atoms with E-state index >= 15 is 0 Å². The Labute approximate surface area is 192 Å². The van der Waals surface area contributed by atoms with E-state index in [1.54, 1.807) is 4.67 Å². The number of alkyl halides is 2. The molecule has 0 aliphatic rings. The molecule has 1 heterocycles. The number of esters is 1. The van der Waals surface area contributed by atoms with E-state index in [4.69, 9.17) is 14.7 Å². The first-order valence-corrected chi connectivity index (χ1v) is 13.0. The number of nitro groups is 1. The van der Waals surface area contributed by atoms with Gasteiger partial charge in [0.25, 0.3) is 0 Å². The molecule has 1 aromatic rings. The molecule has 0 bridgehead atoms. The summed E-state index contributed by atoms with van der Waals surface area (Å²) in [5.74, 6) is -0.674. The molecule has 2 atom stereocenters. The molecule has 30 heavy (non-hydrogen) atoms. The molecule has 0 saturated heterocycles. The number of rotatable bonds is 16. The number of carbonyl (C=O) groups excluding carboxylic acids is 1. The van der Waals surface area contributed by atoms with Gasteiger partial charge in [0.15, 0.2) is 0 Å². The smallest absolute Gasteiger partial charge is 0.433 e. The summed E-state index contributed by atoms with van der Waals surface area (Å²) < 4.78 is 30.5. The van der Waals surface area contributed by atoms with E-state index < -0.39 is 30.5 Å². The van der Waals surface area contributed by atoms with Crippen LogP contribution < -0.4 is 10.8 Å². The number of hydrogen-bond donors (Lipinski definition) is 2. The third-order valence-electron chi connectivity index (χ3n) is 4.02. The van der Waals surface area contributed by atoms with E-state index in [1.165, 1.54) is 19.2 Å². The maximum atomic E-state index is 13.5. The second-order valence-corrected chi connectivity index (χ2v) is 9.92. The first-order chi connectivity index (χ1) is 14.3. The second-order valence-electron chi connectivity index (χ2n) is 6.16. The van der Waals surface area contributed by atoms with Crippen LogP contribution in [0.15, 0.2) is 16.5 Å². The fourth-order valence-electron chi connectivity index (χ4n) is 2.47. The summed E-state index contributed by atoms with van der Waals surface area (Å²) in [6.45, 7) is 1.10. The van der Waals surface area contributed by atoms with Crippen molar-refractivity contribution in [2.24, 2.45) is 5.73 Å².